The van der Waals surface area contributed by atoms with Crippen LogP contribution in [0.15, 0.2) is 79.0 Å². The summed E-state index contributed by atoms with van der Waals surface area (Å²) in [6.07, 6.45) is 1.86. The van der Waals surface area contributed by atoms with Gasteiger partial charge in [0.15, 0.2) is 0 Å². The van der Waals surface area contributed by atoms with Gasteiger partial charge in [-0.3, -0.25) is 9.59 Å². The molecule has 2 aromatic heterocycles. The number of carbonyl (C=O) groups is 4. The third-order valence-corrected chi connectivity index (χ3v) is 10.6. The van der Waals surface area contributed by atoms with Crippen LogP contribution in [0.25, 0.3) is 44.2 Å². The van der Waals surface area contributed by atoms with E-state index in [1.807, 2.05) is 63.2 Å². The van der Waals surface area contributed by atoms with Crippen LogP contribution < -0.4 is 15.4 Å². The van der Waals surface area contributed by atoms with Crippen LogP contribution in [-0.2, 0) is 38.8 Å². The molecule has 15 heteroatoms. The third kappa shape index (κ3) is 8.68. The van der Waals surface area contributed by atoms with Crippen LogP contribution in [0.3, 0.4) is 0 Å². The molecular formula is C44H48N8O7. The second-order valence-corrected chi connectivity index (χ2v) is 14.5. The number of hydrogen-bond acceptors (Lipinski definition) is 9. The molecule has 0 saturated carbocycles. The summed E-state index contributed by atoms with van der Waals surface area (Å²) in [5.41, 5.74) is 7.06. The molecule has 59 heavy (non-hydrogen) atoms. The first-order chi connectivity index (χ1) is 28.6. The molecule has 3 heterocycles. The molecule has 0 saturated heterocycles. The van der Waals surface area contributed by atoms with Gasteiger partial charge in [-0.2, -0.15) is 0 Å². The zero-order valence-electron chi connectivity index (χ0n) is 33.8. The van der Waals surface area contributed by atoms with Crippen molar-refractivity contribution in [2.45, 2.75) is 65.4 Å². The number of H-pyrrole nitrogens is 2. The van der Waals surface area contributed by atoms with E-state index >= 15 is 0 Å². The van der Waals surface area contributed by atoms with Gasteiger partial charge in [-0.25, -0.2) is 19.6 Å². The first kappa shape index (κ1) is 40.3. The summed E-state index contributed by atoms with van der Waals surface area (Å²) in [4.78, 5) is 70.5. The Morgan fingerprint density at radius 1 is 0.898 bits per heavy atom. The van der Waals surface area contributed by atoms with E-state index in [-0.39, 0.29) is 37.5 Å². The molecule has 4 N–H and O–H groups in total. The van der Waals surface area contributed by atoms with Gasteiger partial charge in [-0.05, 0) is 71.7 Å². The summed E-state index contributed by atoms with van der Waals surface area (Å²) >= 11 is 0. The maximum atomic E-state index is 13.9. The smallest absolute Gasteiger partial charge is 0.407 e. The van der Waals surface area contributed by atoms with Crippen molar-refractivity contribution in [1.82, 2.24) is 40.4 Å². The number of alkyl carbamates (subject to hydrolysis) is 2. The van der Waals surface area contributed by atoms with Crippen molar-refractivity contribution in [1.29, 1.82) is 0 Å². The number of aromatic amines is 2. The first-order valence-corrected chi connectivity index (χ1v) is 19.7. The molecule has 0 spiro atoms. The third-order valence-electron chi connectivity index (χ3n) is 10.6. The van der Waals surface area contributed by atoms with Gasteiger partial charge in [0.1, 0.15) is 36.6 Å². The summed E-state index contributed by atoms with van der Waals surface area (Å²) in [5, 5.41) is 7.12. The highest BCUT2D eigenvalue weighted by molar-refractivity contribution is 6.07. The molecule has 0 fully saturated rings. The Morgan fingerprint density at radius 3 is 2.44 bits per heavy atom. The number of carbonyl (C=O) groups excluding carboxylic acids is 4. The number of aromatic nitrogens is 4. The summed E-state index contributed by atoms with van der Waals surface area (Å²) in [5.74, 6) is 1.50. The molecule has 0 bridgehead atoms. The molecule has 1 unspecified atom stereocenters. The van der Waals surface area contributed by atoms with Crippen molar-refractivity contribution in [3.8, 4) is 28.1 Å². The van der Waals surface area contributed by atoms with Crippen molar-refractivity contribution in [2.24, 2.45) is 0 Å². The van der Waals surface area contributed by atoms with Gasteiger partial charge in [0, 0.05) is 23.5 Å². The van der Waals surface area contributed by atoms with Crippen LogP contribution in [-0.4, -0.2) is 87.1 Å². The largest absolute Gasteiger partial charge is 0.488 e. The number of ether oxygens (including phenoxy) is 3. The number of fused-ring (bicyclic) bond motifs is 6. The Labute approximate surface area is 341 Å². The fourth-order valence-electron chi connectivity index (χ4n) is 7.38. The topological polar surface area (TPSA) is 184 Å². The van der Waals surface area contributed by atoms with E-state index in [2.05, 4.69) is 48.5 Å². The average molecular weight is 801 g/mol. The predicted octanol–water partition coefficient (Wildman–Crippen LogP) is 6.98. The number of imidazole rings is 2. The monoisotopic (exact) mass is 800 g/mol. The fourth-order valence-corrected chi connectivity index (χ4v) is 7.38. The molecule has 0 radical (unpaired) electrons. The highest BCUT2D eigenvalue weighted by Crippen LogP contribution is 2.42. The lowest BCUT2D eigenvalue weighted by molar-refractivity contribution is -0.134. The second kappa shape index (κ2) is 17.7. The summed E-state index contributed by atoms with van der Waals surface area (Å²) in [6.45, 7) is 7.10. The Bertz CT molecular complexity index is 2500. The molecule has 4 amide bonds. The van der Waals surface area contributed by atoms with E-state index in [0.717, 1.165) is 61.9 Å². The summed E-state index contributed by atoms with van der Waals surface area (Å²) in [7, 11) is 2.53. The highest BCUT2D eigenvalue weighted by atomic mass is 16.5. The van der Waals surface area contributed by atoms with E-state index in [9.17, 15) is 19.2 Å². The SMILES string of the molecule is CCCN(Cc1ncc(-c2ccc3c(c2)COc2cc4c(ccc5nc(CN(C(=O)CNC(=O)OC)[C@@H](C)CC)[nH]c54)cc2-3)[nH]1)C(=O)C(NC(=O)OC)c1ccccc1. The lowest BCUT2D eigenvalue weighted by Gasteiger charge is -2.27. The molecule has 15 nitrogen and oxygen atoms in total. The molecule has 1 aliphatic rings. The number of hydrogen-bond donors (Lipinski definition) is 4. The van der Waals surface area contributed by atoms with Crippen molar-refractivity contribution in [3.63, 3.8) is 0 Å². The number of benzene rings is 4. The zero-order valence-corrected chi connectivity index (χ0v) is 33.8. The van der Waals surface area contributed by atoms with Gasteiger partial charge in [0.25, 0.3) is 0 Å². The lowest BCUT2D eigenvalue weighted by Crippen LogP contribution is -2.44. The Balaban J connectivity index is 1.10. The number of amides is 4. The van der Waals surface area contributed by atoms with Crippen molar-refractivity contribution in [3.05, 3.63) is 102 Å². The van der Waals surface area contributed by atoms with Gasteiger partial charge >= 0.3 is 12.2 Å². The van der Waals surface area contributed by atoms with Gasteiger partial charge in [-0.1, -0.05) is 62.4 Å². The minimum atomic E-state index is -0.917. The minimum Gasteiger partial charge on any atom is -0.488 e. The fraction of sp³-hybridized carbons (Fsp3) is 0.318. The number of nitrogens with zero attached hydrogens (tertiary/aromatic N) is 4. The molecule has 306 valence electrons. The summed E-state index contributed by atoms with van der Waals surface area (Å²) < 4.78 is 15.8. The van der Waals surface area contributed by atoms with E-state index in [1.54, 1.807) is 28.1 Å². The highest BCUT2D eigenvalue weighted by Gasteiger charge is 2.29. The number of rotatable bonds is 14. The Morgan fingerprint density at radius 2 is 1.69 bits per heavy atom. The van der Waals surface area contributed by atoms with E-state index in [0.29, 0.717) is 36.8 Å². The predicted molar refractivity (Wildman–Crippen MR) is 222 cm³/mol. The van der Waals surface area contributed by atoms with E-state index in [4.69, 9.17) is 14.5 Å². The molecule has 2 atom stereocenters. The van der Waals surface area contributed by atoms with E-state index < -0.39 is 18.2 Å². The van der Waals surface area contributed by atoms with Gasteiger partial charge in [-0.15, -0.1) is 0 Å². The molecular weight excluding hydrogens is 753 g/mol. The van der Waals surface area contributed by atoms with Crippen LogP contribution >= 0.6 is 0 Å². The molecule has 7 rings (SSSR count). The van der Waals surface area contributed by atoms with Crippen molar-refractivity contribution < 1.29 is 33.4 Å². The van der Waals surface area contributed by atoms with Gasteiger partial charge in [0.05, 0.1) is 50.2 Å². The second-order valence-electron chi connectivity index (χ2n) is 14.5. The first-order valence-electron chi connectivity index (χ1n) is 19.7. The standard InChI is InChI=1S/C44H48N8O7/c1-6-17-51(42(54)40(50-44(56)58-5)27-11-9-8-10-12-27)23-37-45-21-35(48-37)29-13-15-31-30(18-29)25-59-36-20-32-28(19-33(31)36)14-16-34-41(32)49-38(47-34)24-52(26(3)7-2)39(53)22-46-43(55)57-4/h8-16,18-21,26,40H,6-7,17,22-25H2,1-5H3,(H,45,48)(H,46,55)(H,47,49)(H,50,56)/t26-,40?/m0/s1. The quantitative estimate of drug-likeness (QED) is 0.0903. The molecule has 1 aliphatic heterocycles. The average Bonchev–Trinajstić information content (AvgIpc) is 3.92. The molecule has 6 aromatic rings. The van der Waals surface area contributed by atoms with Crippen LogP contribution in [0, 0.1) is 0 Å². The van der Waals surface area contributed by atoms with Gasteiger partial charge < -0.3 is 44.6 Å². The van der Waals surface area contributed by atoms with Crippen LogP contribution in [0.5, 0.6) is 5.75 Å². The Hall–Kier alpha value is -6.90. The van der Waals surface area contributed by atoms with E-state index in [1.165, 1.54) is 14.2 Å². The normalized spacial score (nSPS) is 12.8. The lowest BCUT2D eigenvalue weighted by atomic mass is 9.92. The maximum absolute atomic E-state index is 13.9. The Kier molecular flexibility index (Phi) is 12.1. The van der Waals surface area contributed by atoms with Gasteiger partial charge in [0.2, 0.25) is 11.8 Å². The van der Waals surface area contributed by atoms with Crippen LogP contribution in [0.2, 0.25) is 0 Å². The van der Waals surface area contributed by atoms with Crippen LogP contribution in [0.1, 0.15) is 62.4 Å². The summed E-state index contributed by atoms with van der Waals surface area (Å²) in [6, 6.07) is 22.5. The van der Waals surface area contributed by atoms with Crippen molar-refractivity contribution >= 4 is 45.8 Å². The number of methoxy groups -OCH3 is 2. The van der Waals surface area contributed by atoms with Crippen molar-refractivity contribution in [2.75, 3.05) is 27.3 Å². The zero-order chi connectivity index (χ0) is 41.6. The van der Waals surface area contributed by atoms with Crippen LogP contribution in [0.4, 0.5) is 9.59 Å². The molecule has 4 aromatic carbocycles. The molecule has 0 aliphatic carbocycles. The maximum Gasteiger partial charge on any atom is 0.407 e. The number of nitrogens with one attached hydrogen (secondary N) is 4. The minimum absolute atomic E-state index is 0.0773.